The molecule has 0 aliphatic heterocycles. The fourth-order valence-electron chi connectivity index (χ4n) is 9.26. The molecule has 9 aromatic carbocycles. The monoisotopic (exact) mass is 698 g/mol. The second-order valence-corrected chi connectivity index (χ2v) is 14.8. The Hall–Kier alpha value is -7.61. The van der Waals surface area contributed by atoms with Gasteiger partial charge < -0.3 is 13.2 Å². The summed E-state index contributed by atoms with van der Waals surface area (Å²) in [5.74, 6) is 0. The van der Waals surface area contributed by atoms with Gasteiger partial charge in [0.2, 0.25) is 0 Å². The van der Waals surface area contributed by atoms with Gasteiger partial charge in [-0.3, -0.25) is 0 Å². The standard InChI is InChI=1S/C51H26N2O2/c52-27-28-17-43-39-21-33-11-9-29(31-13-15-49-41(23-31)37-5-1-3-7-47(37)54-49)19-35(33)25-45(39)53-46-26-36-20-30(10-12-34(36)22-40(46)44(18-28)51(43)53)32-14-16-50-42(24-32)38-6-2-4-8-48(38)55-50/h1-26H. The Balaban J connectivity index is 1.03. The van der Waals surface area contributed by atoms with Crippen molar-refractivity contribution < 1.29 is 8.83 Å². The fourth-order valence-corrected chi connectivity index (χ4v) is 9.26. The normalized spacial score (nSPS) is 12.3. The molecule has 0 aliphatic carbocycles. The van der Waals surface area contributed by atoms with Crippen LogP contribution in [0.25, 0.3) is 126 Å². The van der Waals surface area contributed by atoms with Crippen LogP contribution in [0.3, 0.4) is 0 Å². The Labute approximate surface area is 312 Å². The van der Waals surface area contributed by atoms with Crippen molar-refractivity contribution in [3.05, 3.63) is 163 Å². The van der Waals surface area contributed by atoms with Crippen LogP contribution in [0.4, 0.5) is 0 Å². The minimum absolute atomic E-state index is 0.671. The van der Waals surface area contributed by atoms with Crippen molar-refractivity contribution in [3.8, 4) is 28.3 Å². The number of nitriles is 1. The summed E-state index contributed by atoms with van der Waals surface area (Å²) in [5, 5.41) is 23.9. The third kappa shape index (κ3) is 3.94. The Morgan fingerprint density at radius 3 is 1.33 bits per heavy atom. The molecule has 0 amide bonds. The first-order chi connectivity index (χ1) is 27.1. The highest BCUT2D eigenvalue weighted by atomic mass is 16.3. The number of hydrogen-bond donors (Lipinski definition) is 0. The number of hydrogen-bond acceptors (Lipinski definition) is 3. The van der Waals surface area contributed by atoms with Gasteiger partial charge in [-0.25, -0.2) is 0 Å². The number of fused-ring (bicyclic) bond motifs is 14. The minimum atomic E-state index is 0.671. The van der Waals surface area contributed by atoms with Gasteiger partial charge in [0.15, 0.2) is 0 Å². The van der Waals surface area contributed by atoms with E-state index in [0.717, 1.165) is 104 Å². The first-order valence-corrected chi connectivity index (χ1v) is 18.5. The van der Waals surface area contributed by atoms with Crippen LogP contribution in [0.15, 0.2) is 167 Å². The van der Waals surface area contributed by atoms with Gasteiger partial charge in [-0.05, 0) is 129 Å². The van der Waals surface area contributed by atoms with Gasteiger partial charge in [0.25, 0.3) is 0 Å². The molecule has 252 valence electrons. The van der Waals surface area contributed by atoms with Gasteiger partial charge in [0.05, 0.1) is 28.2 Å². The molecule has 13 rings (SSSR count). The summed E-state index contributed by atoms with van der Waals surface area (Å²) in [6, 6.07) is 58.7. The third-order valence-corrected chi connectivity index (χ3v) is 11.9. The molecule has 13 aromatic rings. The SMILES string of the molecule is N#Cc1cc2c3cc4ccc(-c5ccc6oc7ccccc7c6c5)cc4cc3n3c4cc5cc(-c6ccc7oc8ccccc8c7c6)ccc5cc4c(c1)c23. The minimum Gasteiger partial charge on any atom is -0.456 e. The average molecular weight is 699 g/mol. The molecule has 0 fully saturated rings. The van der Waals surface area contributed by atoms with Crippen molar-refractivity contribution >= 4 is 104 Å². The third-order valence-electron chi connectivity index (χ3n) is 11.9. The Morgan fingerprint density at radius 2 is 0.818 bits per heavy atom. The van der Waals surface area contributed by atoms with Gasteiger partial charge in [-0.1, -0.05) is 72.8 Å². The molecule has 4 heterocycles. The van der Waals surface area contributed by atoms with E-state index in [-0.39, 0.29) is 0 Å². The predicted molar refractivity (Wildman–Crippen MR) is 226 cm³/mol. The van der Waals surface area contributed by atoms with E-state index in [1.54, 1.807) is 0 Å². The summed E-state index contributed by atoms with van der Waals surface area (Å²) in [6.45, 7) is 0. The first kappa shape index (κ1) is 28.9. The number of para-hydroxylation sites is 2. The molecule has 4 aromatic heterocycles. The van der Waals surface area contributed by atoms with E-state index in [2.05, 4.69) is 144 Å². The molecule has 0 radical (unpaired) electrons. The molecule has 0 spiro atoms. The highest BCUT2D eigenvalue weighted by Gasteiger charge is 2.20. The van der Waals surface area contributed by atoms with Gasteiger partial charge in [0.1, 0.15) is 22.3 Å². The van der Waals surface area contributed by atoms with Crippen LogP contribution in [-0.2, 0) is 0 Å². The topological polar surface area (TPSA) is 54.5 Å². The lowest BCUT2D eigenvalue weighted by Gasteiger charge is -2.08. The van der Waals surface area contributed by atoms with Crippen molar-refractivity contribution in [1.29, 1.82) is 5.26 Å². The van der Waals surface area contributed by atoms with Gasteiger partial charge in [-0.2, -0.15) is 5.26 Å². The van der Waals surface area contributed by atoms with Crippen LogP contribution in [0.5, 0.6) is 0 Å². The maximum absolute atomic E-state index is 10.2. The number of furan rings is 2. The molecule has 0 bridgehead atoms. The molecular weight excluding hydrogens is 673 g/mol. The molecule has 0 saturated heterocycles. The van der Waals surface area contributed by atoms with Crippen LogP contribution < -0.4 is 0 Å². The molecule has 0 N–H and O–H groups in total. The van der Waals surface area contributed by atoms with E-state index in [4.69, 9.17) is 8.83 Å². The lowest BCUT2D eigenvalue weighted by molar-refractivity contribution is 0.668. The first-order valence-electron chi connectivity index (χ1n) is 18.5. The zero-order valence-corrected chi connectivity index (χ0v) is 29.2. The molecule has 0 atom stereocenters. The summed E-state index contributed by atoms with van der Waals surface area (Å²) in [5.41, 5.74) is 12.3. The number of aromatic nitrogens is 1. The number of nitrogens with zero attached hydrogens (tertiary/aromatic N) is 2. The van der Waals surface area contributed by atoms with Crippen LogP contribution >= 0.6 is 0 Å². The van der Waals surface area contributed by atoms with Crippen molar-refractivity contribution in [2.75, 3.05) is 0 Å². The Kier molecular flexibility index (Phi) is 5.41. The maximum atomic E-state index is 10.2. The molecular formula is C51H26N2O2. The Morgan fingerprint density at radius 1 is 0.364 bits per heavy atom. The summed E-state index contributed by atoms with van der Waals surface area (Å²) < 4.78 is 14.7. The van der Waals surface area contributed by atoms with Crippen LogP contribution in [0.1, 0.15) is 5.56 Å². The fraction of sp³-hybridized carbons (Fsp3) is 0. The lowest BCUT2D eigenvalue weighted by Crippen LogP contribution is -1.84. The van der Waals surface area contributed by atoms with Gasteiger partial charge in [-0.15, -0.1) is 0 Å². The van der Waals surface area contributed by atoms with Crippen molar-refractivity contribution in [2.24, 2.45) is 0 Å². The molecule has 4 heteroatoms. The second-order valence-electron chi connectivity index (χ2n) is 14.8. The van der Waals surface area contributed by atoms with E-state index in [1.807, 2.05) is 24.3 Å². The molecule has 0 unspecified atom stereocenters. The van der Waals surface area contributed by atoms with E-state index >= 15 is 0 Å². The van der Waals surface area contributed by atoms with Gasteiger partial charge in [0, 0.05) is 43.1 Å². The van der Waals surface area contributed by atoms with Crippen LogP contribution in [0.2, 0.25) is 0 Å². The molecule has 0 saturated carbocycles. The van der Waals surface area contributed by atoms with Crippen LogP contribution in [-0.4, -0.2) is 4.40 Å². The molecule has 4 nitrogen and oxygen atoms in total. The largest absolute Gasteiger partial charge is 0.456 e. The highest BCUT2D eigenvalue weighted by Crippen LogP contribution is 2.43. The smallest absolute Gasteiger partial charge is 0.135 e. The highest BCUT2D eigenvalue weighted by molar-refractivity contribution is 6.26. The van der Waals surface area contributed by atoms with Gasteiger partial charge >= 0.3 is 0 Å². The zero-order chi connectivity index (χ0) is 35.9. The lowest BCUT2D eigenvalue weighted by atomic mass is 9.97. The summed E-state index contributed by atoms with van der Waals surface area (Å²) in [6.07, 6.45) is 0. The molecule has 55 heavy (non-hydrogen) atoms. The van der Waals surface area contributed by atoms with Crippen molar-refractivity contribution in [2.45, 2.75) is 0 Å². The maximum Gasteiger partial charge on any atom is 0.135 e. The predicted octanol–water partition coefficient (Wildman–Crippen LogP) is 14.1. The average Bonchev–Trinajstić information content (AvgIpc) is 3.97. The van der Waals surface area contributed by atoms with Crippen molar-refractivity contribution in [1.82, 2.24) is 4.40 Å². The Bertz CT molecular complexity index is 3610. The summed E-state index contributed by atoms with van der Waals surface area (Å²) in [7, 11) is 0. The zero-order valence-electron chi connectivity index (χ0n) is 29.2. The van der Waals surface area contributed by atoms with E-state index in [1.165, 1.54) is 21.5 Å². The van der Waals surface area contributed by atoms with E-state index in [0.29, 0.717) is 5.56 Å². The van der Waals surface area contributed by atoms with E-state index in [9.17, 15) is 5.26 Å². The molecule has 0 aliphatic rings. The number of benzene rings is 9. The number of rotatable bonds is 2. The van der Waals surface area contributed by atoms with Crippen LogP contribution in [0, 0.1) is 11.3 Å². The summed E-state index contributed by atoms with van der Waals surface area (Å²) in [4.78, 5) is 0. The second kappa shape index (κ2) is 10.3. The summed E-state index contributed by atoms with van der Waals surface area (Å²) >= 11 is 0. The van der Waals surface area contributed by atoms with Crippen molar-refractivity contribution in [3.63, 3.8) is 0 Å². The quantitative estimate of drug-likeness (QED) is 0.181. The van der Waals surface area contributed by atoms with E-state index < -0.39 is 0 Å².